The molecule has 0 saturated carbocycles. The fraction of sp³-hybridized carbons (Fsp3) is 1.00. The van der Waals surface area contributed by atoms with Crippen molar-refractivity contribution < 1.29 is 4.74 Å². The molecule has 1 rings (SSSR count). The minimum atomic E-state index is 0.428. The maximum absolute atomic E-state index is 5.52. The molecule has 0 radical (unpaired) electrons. The third-order valence-corrected chi connectivity index (χ3v) is 2.25. The van der Waals surface area contributed by atoms with Crippen LogP contribution in [0.5, 0.6) is 0 Å². The van der Waals surface area contributed by atoms with E-state index in [4.69, 9.17) is 4.74 Å². The van der Waals surface area contributed by atoms with E-state index in [1.807, 2.05) is 0 Å². The lowest BCUT2D eigenvalue weighted by atomic mass is 10.2. The third-order valence-electron chi connectivity index (χ3n) is 2.25. The van der Waals surface area contributed by atoms with Gasteiger partial charge in [-0.05, 0) is 26.8 Å². The first-order chi connectivity index (χ1) is 5.24. The highest BCUT2D eigenvalue weighted by molar-refractivity contribution is 4.74. The zero-order chi connectivity index (χ0) is 8.27. The SMILES string of the molecule is CCCN1C[C@@H](C)OC[C@H]1C. The van der Waals surface area contributed by atoms with Crippen molar-refractivity contribution in [3.05, 3.63) is 0 Å². The highest BCUT2D eigenvalue weighted by Crippen LogP contribution is 2.10. The lowest BCUT2D eigenvalue weighted by Gasteiger charge is -2.36. The Balaban J connectivity index is 2.34. The molecule has 2 atom stereocenters. The molecule has 0 aromatic carbocycles. The van der Waals surface area contributed by atoms with Crippen LogP contribution in [0.15, 0.2) is 0 Å². The summed E-state index contributed by atoms with van der Waals surface area (Å²) in [5, 5.41) is 0. The summed E-state index contributed by atoms with van der Waals surface area (Å²) in [6.45, 7) is 9.84. The van der Waals surface area contributed by atoms with Crippen molar-refractivity contribution in [3.63, 3.8) is 0 Å². The van der Waals surface area contributed by atoms with E-state index in [1.54, 1.807) is 0 Å². The lowest BCUT2D eigenvalue weighted by molar-refractivity contribution is -0.0490. The molecule has 1 heterocycles. The lowest BCUT2D eigenvalue weighted by Crippen LogP contribution is -2.47. The van der Waals surface area contributed by atoms with Gasteiger partial charge in [-0.3, -0.25) is 4.90 Å². The molecule has 0 aromatic rings. The maximum Gasteiger partial charge on any atom is 0.0674 e. The summed E-state index contributed by atoms with van der Waals surface area (Å²) in [5.74, 6) is 0. The Morgan fingerprint density at radius 1 is 1.45 bits per heavy atom. The normalized spacial score (nSPS) is 34.1. The molecule has 66 valence electrons. The Kier molecular flexibility index (Phi) is 3.34. The van der Waals surface area contributed by atoms with Gasteiger partial charge in [0, 0.05) is 12.6 Å². The van der Waals surface area contributed by atoms with E-state index >= 15 is 0 Å². The van der Waals surface area contributed by atoms with Gasteiger partial charge in [-0.2, -0.15) is 0 Å². The Hall–Kier alpha value is -0.0800. The summed E-state index contributed by atoms with van der Waals surface area (Å²) in [4.78, 5) is 2.51. The molecule has 11 heavy (non-hydrogen) atoms. The van der Waals surface area contributed by atoms with Gasteiger partial charge in [-0.25, -0.2) is 0 Å². The Labute approximate surface area is 69.5 Å². The number of hydrogen-bond donors (Lipinski definition) is 0. The zero-order valence-electron chi connectivity index (χ0n) is 7.84. The van der Waals surface area contributed by atoms with Crippen molar-refractivity contribution in [1.82, 2.24) is 4.90 Å². The molecule has 1 aliphatic heterocycles. The molecule has 0 aromatic heterocycles. The predicted octanol–water partition coefficient (Wildman–Crippen LogP) is 1.51. The number of ether oxygens (including phenoxy) is 1. The van der Waals surface area contributed by atoms with E-state index in [9.17, 15) is 0 Å². The standard InChI is InChI=1S/C9H19NO/c1-4-5-10-6-9(3)11-7-8(10)2/h8-9H,4-7H2,1-3H3/t8-,9-/m1/s1. The molecule has 2 heteroatoms. The molecule has 2 nitrogen and oxygen atoms in total. The molecular formula is C9H19NO. The van der Waals surface area contributed by atoms with Gasteiger partial charge in [0.15, 0.2) is 0 Å². The average Bonchev–Trinajstić information content (AvgIpc) is 1.98. The number of morpholine rings is 1. The molecule has 0 aliphatic carbocycles. The Morgan fingerprint density at radius 3 is 2.82 bits per heavy atom. The summed E-state index contributed by atoms with van der Waals surface area (Å²) in [5.41, 5.74) is 0. The molecule has 0 bridgehead atoms. The zero-order valence-corrected chi connectivity index (χ0v) is 7.84. The van der Waals surface area contributed by atoms with Gasteiger partial charge in [0.05, 0.1) is 12.7 Å². The minimum absolute atomic E-state index is 0.428. The fourth-order valence-electron chi connectivity index (χ4n) is 1.57. The summed E-state index contributed by atoms with van der Waals surface area (Å²) in [7, 11) is 0. The van der Waals surface area contributed by atoms with Crippen LogP contribution < -0.4 is 0 Å². The van der Waals surface area contributed by atoms with Gasteiger partial charge in [-0.1, -0.05) is 6.92 Å². The van der Waals surface area contributed by atoms with Gasteiger partial charge in [0.25, 0.3) is 0 Å². The first kappa shape index (κ1) is 9.01. The van der Waals surface area contributed by atoms with Crippen LogP contribution in [-0.4, -0.2) is 36.7 Å². The van der Waals surface area contributed by atoms with Crippen molar-refractivity contribution in [2.24, 2.45) is 0 Å². The van der Waals surface area contributed by atoms with Crippen molar-refractivity contribution >= 4 is 0 Å². The van der Waals surface area contributed by atoms with Crippen LogP contribution in [0.4, 0.5) is 0 Å². The summed E-state index contributed by atoms with van der Waals surface area (Å²) in [6, 6.07) is 0.617. The average molecular weight is 157 g/mol. The second-order valence-corrected chi connectivity index (χ2v) is 3.49. The van der Waals surface area contributed by atoms with Crippen LogP contribution in [0.1, 0.15) is 27.2 Å². The van der Waals surface area contributed by atoms with E-state index in [1.165, 1.54) is 13.0 Å². The van der Waals surface area contributed by atoms with Gasteiger partial charge >= 0.3 is 0 Å². The van der Waals surface area contributed by atoms with Crippen LogP contribution in [0, 0.1) is 0 Å². The summed E-state index contributed by atoms with van der Waals surface area (Å²) < 4.78 is 5.52. The predicted molar refractivity (Wildman–Crippen MR) is 46.7 cm³/mol. The second-order valence-electron chi connectivity index (χ2n) is 3.49. The largest absolute Gasteiger partial charge is 0.376 e. The van der Waals surface area contributed by atoms with Crippen LogP contribution >= 0.6 is 0 Å². The monoisotopic (exact) mass is 157 g/mol. The van der Waals surface area contributed by atoms with Gasteiger partial charge in [0.2, 0.25) is 0 Å². The quantitative estimate of drug-likeness (QED) is 0.602. The topological polar surface area (TPSA) is 12.5 Å². The molecule has 0 unspecified atom stereocenters. The summed E-state index contributed by atoms with van der Waals surface area (Å²) in [6.07, 6.45) is 1.68. The molecule has 0 spiro atoms. The number of hydrogen-bond acceptors (Lipinski definition) is 2. The molecule has 1 saturated heterocycles. The Bertz CT molecular complexity index is 116. The first-order valence-electron chi connectivity index (χ1n) is 4.59. The van der Waals surface area contributed by atoms with E-state index in [0.717, 1.165) is 13.2 Å². The van der Waals surface area contributed by atoms with E-state index in [-0.39, 0.29) is 0 Å². The van der Waals surface area contributed by atoms with Crippen LogP contribution in [-0.2, 0) is 4.74 Å². The third kappa shape index (κ3) is 2.46. The molecular weight excluding hydrogens is 138 g/mol. The van der Waals surface area contributed by atoms with Gasteiger partial charge in [0.1, 0.15) is 0 Å². The highest BCUT2D eigenvalue weighted by Gasteiger charge is 2.21. The molecule has 1 fully saturated rings. The fourth-order valence-corrected chi connectivity index (χ4v) is 1.57. The van der Waals surface area contributed by atoms with Crippen molar-refractivity contribution in [2.45, 2.75) is 39.3 Å². The van der Waals surface area contributed by atoms with Crippen LogP contribution in [0.3, 0.4) is 0 Å². The van der Waals surface area contributed by atoms with Crippen molar-refractivity contribution in [1.29, 1.82) is 0 Å². The van der Waals surface area contributed by atoms with Crippen molar-refractivity contribution in [2.75, 3.05) is 19.7 Å². The molecule has 0 N–H and O–H groups in total. The smallest absolute Gasteiger partial charge is 0.0674 e. The first-order valence-corrected chi connectivity index (χ1v) is 4.59. The highest BCUT2D eigenvalue weighted by atomic mass is 16.5. The number of rotatable bonds is 2. The molecule has 0 amide bonds. The maximum atomic E-state index is 5.52. The summed E-state index contributed by atoms with van der Waals surface area (Å²) >= 11 is 0. The minimum Gasteiger partial charge on any atom is -0.376 e. The van der Waals surface area contributed by atoms with Crippen molar-refractivity contribution in [3.8, 4) is 0 Å². The second kappa shape index (κ2) is 4.07. The van der Waals surface area contributed by atoms with E-state index in [0.29, 0.717) is 12.1 Å². The molecule has 1 aliphatic rings. The van der Waals surface area contributed by atoms with Gasteiger partial charge < -0.3 is 4.74 Å². The van der Waals surface area contributed by atoms with Crippen LogP contribution in [0.2, 0.25) is 0 Å². The van der Waals surface area contributed by atoms with E-state index < -0.39 is 0 Å². The number of nitrogens with zero attached hydrogens (tertiary/aromatic N) is 1. The van der Waals surface area contributed by atoms with Gasteiger partial charge in [-0.15, -0.1) is 0 Å². The Morgan fingerprint density at radius 2 is 2.18 bits per heavy atom. The van der Waals surface area contributed by atoms with E-state index in [2.05, 4.69) is 25.7 Å². The van der Waals surface area contributed by atoms with Crippen LogP contribution in [0.25, 0.3) is 0 Å².